The van der Waals surface area contributed by atoms with Crippen molar-refractivity contribution in [1.29, 1.82) is 0 Å². The van der Waals surface area contributed by atoms with Crippen molar-refractivity contribution in [2.24, 2.45) is 0 Å². The highest BCUT2D eigenvalue weighted by atomic mass is 127. The molecule has 2 rings (SSSR count). The van der Waals surface area contributed by atoms with E-state index in [4.69, 9.17) is 0 Å². The Morgan fingerprint density at radius 3 is 2.35 bits per heavy atom. The van der Waals surface area contributed by atoms with Crippen molar-refractivity contribution in [2.45, 2.75) is 13.0 Å². The summed E-state index contributed by atoms with van der Waals surface area (Å²) in [6.07, 6.45) is 0. The van der Waals surface area contributed by atoms with Gasteiger partial charge in [0.1, 0.15) is 0 Å². The topological polar surface area (TPSA) is 12.0 Å². The van der Waals surface area contributed by atoms with Crippen LogP contribution in [0.3, 0.4) is 0 Å². The zero-order valence-corrected chi connectivity index (χ0v) is 12.9. The van der Waals surface area contributed by atoms with Crippen LogP contribution in [0.4, 0.5) is 13.2 Å². The van der Waals surface area contributed by atoms with E-state index in [1.165, 1.54) is 6.07 Å². The summed E-state index contributed by atoms with van der Waals surface area (Å²) < 4.78 is 41.4. The van der Waals surface area contributed by atoms with Crippen molar-refractivity contribution < 1.29 is 13.2 Å². The summed E-state index contributed by atoms with van der Waals surface area (Å²) in [5.41, 5.74) is 0.940. The zero-order chi connectivity index (χ0) is 14.7. The highest BCUT2D eigenvalue weighted by Crippen LogP contribution is 2.29. The molecule has 0 radical (unpaired) electrons. The fourth-order valence-electron chi connectivity index (χ4n) is 2.06. The molecule has 0 aromatic heterocycles. The Bertz CT molecular complexity index is 616. The fraction of sp³-hybridized carbons (Fsp3) is 0.200. The van der Waals surface area contributed by atoms with E-state index in [1.54, 1.807) is 0 Å². The summed E-state index contributed by atoms with van der Waals surface area (Å²) in [5, 5.41) is 3.11. The van der Waals surface area contributed by atoms with E-state index in [0.29, 0.717) is 6.54 Å². The van der Waals surface area contributed by atoms with Gasteiger partial charge >= 0.3 is 0 Å². The normalized spacial score (nSPS) is 12.4. The molecular formula is C15H13F3IN. The predicted molar refractivity (Wildman–Crippen MR) is 81.0 cm³/mol. The first-order chi connectivity index (χ1) is 9.56. The molecule has 0 saturated heterocycles. The van der Waals surface area contributed by atoms with Crippen LogP contribution in [0.1, 0.15) is 24.1 Å². The average molecular weight is 391 g/mol. The minimum Gasteiger partial charge on any atom is -0.306 e. The van der Waals surface area contributed by atoms with E-state index in [-0.39, 0.29) is 5.56 Å². The number of hydrogen-bond acceptors (Lipinski definition) is 1. The first-order valence-corrected chi connectivity index (χ1v) is 7.25. The Morgan fingerprint density at radius 2 is 1.70 bits per heavy atom. The van der Waals surface area contributed by atoms with E-state index in [2.05, 4.69) is 27.9 Å². The molecule has 0 amide bonds. The van der Waals surface area contributed by atoms with E-state index in [9.17, 15) is 13.2 Å². The molecule has 0 heterocycles. The SMILES string of the molecule is CCNC(c1ccccc1I)c1ccc(F)c(F)c1F. The smallest absolute Gasteiger partial charge is 0.194 e. The van der Waals surface area contributed by atoms with Crippen molar-refractivity contribution in [3.8, 4) is 0 Å². The van der Waals surface area contributed by atoms with Crippen LogP contribution in [0.5, 0.6) is 0 Å². The first-order valence-electron chi connectivity index (χ1n) is 6.17. The Hall–Kier alpha value is -1.08. The van der Waals surface area contributed by atoms with E-state index in [0.717, 1.165) is 15.2 Å². The third-order valence-electron chi connectivity index (χ3n) is 3.00. The molecule has 0 bridgehead atoms. The maximum Gasteiger partial charge on any atom is 0.194 e. The second kappa shape index (κ2) is 6.58. The quantitative estimate of drug-likeness (QED) is 0.602. The van der Waals surface area contributed by atoms with Crippen molar-refractivity contribution in [3.05, 3.63) is 68.5 Å². The number of rotatable bonds is 4. The molecule has 106 valence electrons. The number of hydrogen-bond donors (Lipinski definition) is 1. The van der Waals surface area contributed by atoms with Crippen LogP contribution in [0.25, 0.3) is 0 Å². The van der Waals surface area contributed by atoms with Crippen LogP contribution in [0.15, 0.2) is 36.4 Å². The van der Waals surface area contributed by atoms with Gasteiger partial charge in [-0.3, -0.25) is 0 Å². The lowest BCUT2D eigenvalue weighted by Gasteiger charge is -2.21. The van der Waals surface area contributed by atoms with Gasteiger partial charge in [-0.05, 0) is 46.8 Å². The van der Waals surface area contributed by atoms with Gasteiger partial charge in [0.2, 0.25) is 0 Å². The van der Waals surface area contributed by atoms with Gasteiger partial charge in [-0.25, -0.2) is 13.2 Å². The lowest BCUT2D eigenvalue weighted by molar-refractivity contribution is 0.433. The monoisotopic (exact) mass is 391 g/mol. The van der Waals surface area contributed by atoms with Gasteiger partial charge in [-0.1, -0.05) is 31.2 Å². The summed E-state index contributed by atoms with van der Waals surface area (Å²) in [5.74, 6) is -3.75. The molecule has 0 aliphatic carbocycles. The summed E-state index contributed by atoms with van der Waals surface area (Å²) in [6, 6.07) is 9.16. The number of halogens is 4. The highest BCUT2D eigenvalue weighted by molar-refractivity contribution is 14.1. The first kappa shape index (κ1) is 15.3. The highest BCUT2D eigenvalue weighted by Gasteiger charge is 2.22. The van der Waals surface area contributed by atoms with E-state index < -0.39 is 23.5 Å². The molecule has 0 aliphatic heterocycles. The molecule has 1 atom stereocenters. The Balaban J connectivity index is 2.55. The summed E-state index contributed by atoms with van der Waals surface area (Å²) in [4.78, 5) is 0. The summed E-state index contributed by atoms with van der Waals surface area (Å²) in [7, 11) is 0. The van der Waals surface area contributed by atoms with Crippen molar-refractivity contribution >= 4 is 22.6 Å². The van der Waals surface area contributed by atoms with Crippen LogP contribution in [-0.4, -0.2) is 6.54 Å². The number of benzene rings is 2. The Kier molecular flexibility index (Phi) is 5.04. The average Bonchev–Trinajstić information content (AvgIpc) is 2.44. The fourth-order valence-corrected chi connectivity index (χ4v) is 2.76. The molecule has 1 N–H and O–H groups in total. The van der Waals surface area contributed by atoms with Crippen LogP contribution in [-0.2, 0) is 0 Å². The second-order valence-corrected chi connectivity index (χ2v) is 5.44. The van der Waals surface area contributed by atoms with Gasteiger partial charge in [-0.2, -0.15) is 0 Å². The van der Waals surface area contributed by atoms with Crippen molar-refractivity contribution in [2.75, 3.05) is 6.54 Å². The molecule has 5 heteroatoms. The van der Waals surface area contributed by atoms with Gasteiger partial charge in [-0.15, -0.1) is 0 Å². The van der Waals surface area contributed by atoms with Crippen LogP contribution < -0.4 is 5.32 Å². The van der Waals surface area contributed by atoms with Gasteiger partial charge < -0.3 is 5.32 Å². The number of nitrogens with one attached hydrogen (secondary N) is 1. The molecule has 1 nitrogen and oxygen atoms in total. The van der Waals surface area contributed by atoms with Gasteiger partial charge in [0.25, 0.3) is 0 Å². The molecule has 20 heavy (non-hydrogen) atoms. The summed E-state index contributed by atoms with van der Waals surface area (Å²) >= 11 is 2.14. The third-order valence-corrected chi connectivity index (χ3v) is 3.98. The minimum absolute atomic E-state index is 0.106. The molecule has 0 spiro atoms. The van der Waals surface area contributed by atoms with Crippen molar-refractivity contribution in [1.82, 2.24) is 5.32 Å². The van der Waals surface area contributed by atoms with E-state index in [1.807, 2.05) is 31.2 Å². The predicted octanol–water partition coefficient (Wildman–Crippen LogP) is 4.41. The largest absolute Gasteiger partial charge is 0.306 e. The molecule has 0 aliphatic rings. The molecule has 0 saturated carbocycles. The standard InChI is InChI=1S/C15H13F3IN/c1-2-20-15(9-5-3-4-6-12(9)19)10-7-8-11(16)14(18)13(10)17/h3-8,15,20H,2H2,1H3. The lowest BCUT2D eigenvalue weighted by Crippen LogP contribution is -2.24. The van der Waals surface area contributed by atoms with E-state index >= 15 is 0 Å². The minimum atomic E-state index is -1.43. The van der Waals surface area contributed by atoms with Crippen LogP contribution in [0.2, 0.25) is 0 Å². The van der Waals surface area contributed by atoms with Crippen molar-refractivity contribution in [3.63, 3.8) is 0 Å². The Labute approximate surface area is 129 Å². The Morgan fingerprint density at radius 1 is 1.00 bits per heavy atom. The maximum absolute atomic E-state index is 14.0. The van der Waals surface area contributed by atoms with Gasteiger partial charge in [0.15, 0.2) is 17.5 Å². The van der Waals surface area contributed by atoms with Gasteiger partial charge in [0, 0.05) is 9.13 Å². The third kappa shape index (κ3) is 2.98. The van der Waals surface area contributed by atoms with Gasteiger partial charge in [0.05, 0.1) is 6.04 Å². The zero-order valence-electron chi connectivity index (χ0n) is 10.8. The molecule has 2 aromatic carbocycles. The molecule has 0 fully saturated rings. The molecular weight excluding hydrogens is 378 g/mol. The molecule has 2 aromatic rings. The summed E-state index contributed by atoms with van der Waals surface area (Å²) in [6.45, 7) is 2.45. The van der Waals surface area contributed by atoms with Crippen LogP contribution >= 0.6 is 22.6 Å². The molecule has 1 unspecified atom stereocenters. The second-order valence-electron chi connectivity index (χ2n) is 4.28. The van der Waals surface area contributed by atoms with Crippen LogP contribution in [0, 0.1) is 21.0 Å². The lowest BCUT2D eigenvalue weighted by atomic mass is 9.98. The maximum atomic E-state index is 14.0.